The topological polar surface area (TPSA) is 107 Å². The molecule has 0 aliphatic heterocycles. The number of carbonyl (C=O) groups excluding carboxylic acids is 1. The van der Waals surface area contributed by atoms with E-state index in [4.69, 9.17) is 0 Å². The molecule has 126 valence electrons. The molecule has 0 bridgehead atoms. The summed E-state index contributed by atoms with van der Waals surface area (Å²) in [5, 5.41) is 13.5. The van der Waals surface area contributed by atoms with Crippen LogP contribution in [0.2, 0.25) is 0 Å². The van der Waals surface area contributed by atoms with E-state index in [9.17, 15) is 19.7 Å². The van der Waals surface area contributed by atoms with Gasteiger partial charge in [-0.1, -0.05) is 6.92 Å². The fourth-order valence-corrected chi connectivity index (χ4v) is 2.22. The van der Waals surface area contributed by atoms with Crippen LogP contribution in [-0.4, -0.2) is 26.9 Å². The maximum atomic E-state index is 12.1. The minimum atomic E-state index is -0.490. The first-order chi connectivity index (χ1) is 11.4. The fraction of sp³-hybridized carbons (Fsp3) is 0.312. The highest BCUT2D eigenvalue weighted by Gasteiger charge is 2.13. The Hall–Kier alpha value is -3.03. The lowest BCUT2D eigenvalue weighted by molar-refractivity contribution is -0.385. The van der Waals surface area contributed by atoms with E-state index in [0.717, 1.165) is 5.69 Å². The van der Waals surface area contributed by atoms with Crippen LogP contribution in [0.25, 0.3) is 0 Å². The highest BCUT2D eigenvalue weighted by molar-refractivity contribution is 5.94. The molecular formula is C16H18N4O4. The van der Waals surface area contributed by atoms with Crippen LogP contribution in [0.1, 0.15) is 28.5 Å². The van der Waals surface area contributed by atoms with Gasteiger partial charge in [-0.05, 0) is 25.5 Å². The lowest BCUT2D eigenvalue weighted by atomic mass is 10.1. The van der Waals surface area contributed by atoms with Gasteiger partial charge in [0.1, 0.15) is 0 Å². The van der Waals surface area contributed by atoms with Gasteiger partial charge in [-0.3, -0.25) is 24.3 Å². The SMILES string of the molecule is CCc1cc(=O)n(CCNC(=O)c2ccc([N+](=O)[O-])c(C)c2)cn1. The Morgan fingerprint density at radius 1 is 1.38 bits per heavy atom. The predicted octanol–water partition coefficient (Wildman–Crippen LogP) is 1.45. The van der Waals surface area contributed by atoms with Crippen molar-refractivity contribution in [3.05, 3.63) is 67.9 Å². The Bertz CT molecular complexity index is 829. The van der Waals surface area contributed by atoms with Crippen LogP contribution >= 0.6 is 0 Å². The van der Waals surface area contributed by atoms with Gasteiger partial charge in [0.25, 0.3) is 17.2 Å². The summed E-state index contributed by atoms with van der Waals surface area (Å²) in [5.41, 5.74) is 1.29. The maximum Gasteiger partial charge on any atom is 0.272 e. The molecule has 1 aromatic carbocycles. The van der Waals surface area contributed by atoms with Crippen molar-refractivity contribution in [1.29, 1.82) is 0 Å². The van der Waals surface area contributed by atoms with Crippen LogP contribution < -0.4 is 10.9 Å². The van der Waals surface area contributed by atoms with Crippen molar-refractivity contribution in [3.8, 4) is 0 Å². The first kappa shape index (κ1) is 17.3. The zero-order chi connectivity index (χ0) is 17.7. The summed E-state index contributed by atoms with van der Waals surface area (Å²) in [6, 6.07) is 5.66. The zero-order valence-electron chi connectivity index (χ0n) is 13.5. The van der Waals surface area contributed by atoms with Crippen molar-refractivity contribution >= 4 is 11.6 Å². The van der Waals surface area contributed by atoms with Gasteiger partial charge in [0.05, 0.1) is 11.3 Å². The van der Waals surface area contributed by atoms with Crippen LogP contribution in [0, 0.1) is 17.0 Å². The quantitative estimate of drug-likeness (QED) is 0.637. The summed E-state index contributed by atoms with van der Waals surface area (Å²) in [4.78, 5) is 38.3. The second-order valence-corrected chi connectivity index (χ2v) is 5.28. The van der Waals surface area contributed by atoms with E-state index < -0.39 is 4.92 Å². The predicted molar refractivity (Wildman–Crippen MR) is 88.0 cm³/mol. The van der Waals surface area contributed by atoms with Crippen LogP contribution in [0.5, 0.6) is 0 Å². The van der Waals surface area contributed by atoms with Crippen molar-refractivity contribution in [2.75, 3.05) is 6.54 Å². The molecule has 0 saturated heterocycles. The number of aryl methyl sites for hydroxylation is 2. The second kappa shape index (κ2) is 7.49. The fourth-order valence-electron chi connectivity index (χ4n) is 2.22. The molecule has 0 fully saturated rings. The number of nitrogens with one attached hydrogen (secondary N) is 1. The average Bonchev–Trinajstić information content (AvgIpc) is 2.55. The number of nitro groups is 1. The second-order valence-electron chi connectivity index (χ2n) is 5.28. The van der Waals surface area contributed by atoms with Crippen molar-refractivity contribution in [2.45, 2.75) is 26.8 Å². The minimum absolute atomic E-state index is 0.0276. The Labute approximate surface area is 138 Å². The zero-order valence-corrected chi connectivity index (χ0v) is 13.5. The van der Waals surface area contributed by atoms with Crippen molar-refractivity contribution in [2.24, 2.45) is 0 Å². The first-order valence-electron chi connectivity index (χ1n) is 7.51. The molecule has 8 nitrogen and oxygen atoms in total. The molecule has 2 aromatic rings. The van der Waals surface area contributed by atoms with Crippen molar-refractivity contribution in [3.63, 3.8) is 0 Å². The van der Waals surface area contributed by atoms with Crippen molar-refractivity contribution in [1.82, 2.24) is 14.9 Å². The normalized spacial score (nSPS) is 10.4. The summed E-state index contributed by atoms with van der Waals surface area (Å²) in [7, 11) is 0. The average molecular weight is 330 g/mol. The largest absolute Gasteiger partial charge is 0.350 e. The van der Waals surface area contributed by atoms with Crippen LogP contribution in [0.15, 0.2) is 35.4 Å². The van der Waals surface area contributed by atoms with Gasteiger partial charge in [-0.2, -0.15) is 0 Å². The van der Waals surface area contributed by atoms with Gasteiger partial charge < -0.3 is 5.32 Å². The molecule has 8 heteroatoms. The molecule has 1 N–H and O–H groups in total. The van der Waals surface area contributed by atoms with Gasteiger partial charge in [-0.15, -0.1) is 0 Å². The molecule has 0 spiro atoms. The summed E-state index contributed by atoms with van der Waals surface area (Å²) < 4.78 is 1.42. The summed E-state index contributed by atoms with van der Waals surface area (Å²) in [6.45, 7) is 4.05. The van der Waals surface area contributed by atoms with E-state index in [0.29, 0.717) is 24.1 Å². The standard InChI is InChI=1S/C16H18N4O4/c1-3-13-9-15(21)19(10-18-13)7-6-17-16(22)12-4-5-14(20(23)24)11(2)8-12/h4-5,8-10H,3,6-7H2,1-2H3,(H,17,22). The molecular weight excluding hydrogens is 312 g/mol. The van der Waals surface area contributed by atoms with Crippen LogP contribution in [0.3, 0.4) is 0 Å². The number of aromatic nitrogens is 2. The molecule has 0 radical (unpaired) electrons. The Balaban J connectivity index is 1.97. The Kier molecular flexibility index (Phi) is 5.41. The molecule has 1 aromatic heterocycles. The van der Waals surface area contributed by atoms with E-state index in [-0.39, 0.29) is 23.7 Å². The van der Waals surface area contributed by atoms with E-state index >= 15 is 0 Å². The monoisotopic (exact) mass is 330 g/mol. The molecule has 1 amide bonds. The number of nitrogens with zero attached hydrogens (tertiary/aromatic N) is 3. The van der Waals surface area contributed by atoms with E-state index in [2.05, 4.69) is 10.3 Å². The molecule has 0 atom stereocenters. The Morgan fingerprint density at radius 3 is 2.71 bits per heavy atom. The number of hydrogen-bond acceptors (Lipinski definition) is 5. The number of rotatable bonds is 6. The number of benzene rings is 1. The third-order valence-corrected chi connectivity index (χ3v) is 3.59. The molecule has 0 aliphatic rings. The third-order valence-electron chi connectivity index (χ3n) is 3.59. The smallest absolute Gasteiger partial charge is 0.272 e. The minimum Gasteiger partial charge on any atom is -0.350 e. The molecule has 2 rings (SSSR count). The summed E-state index contributed by atoms with van der Waals surface area (Å²) in [5.74, 6) is -0.348. The molecule has 1 heterocycles. The van der Waals surface area contributed by atoms with Gasteiger partial charge in [-0.25, -0.2) is 4.98 Å². The number of hydrogen-bond donors (Lipinski definition) is 1. The number of amides is 1. The van der Waals surface area contributed by atoms with Gasteiger partial charge in [0.15, 0.2) is 0 Å². The molecule has 0 unspecified atom stereocenters. The highest BCUT2D eigenvalue weighted by atomic mass is 16.6. The lowest BCUT2D eigenvalue weighted by Crippen LogP contribution is -2.31. The van der Waals surface area contributed by atoms with Gasteiger partial charge in [0.2, 0.25) is 0 Å². The third kappa shape index (κ3) is 4.03. The molecule has 0 saturated carbocycles. The van der Waals surface area contributed by atoms with Gasteiger partial charge in [0, 0.05) is 42.0 Å². The first-order valence-corrected chi connectivity index (χ1v) is 7.51. The van der Waals surface area contributed by atoms with E-state index in [1.807, 2.05) is 6.92 Å². The highest BCUT2D eigenvalue weighted by Crippen LogP contribution is 2.18. The van der Waals surface area contributed by atoms with Gasteiger partial charge >= 0.3 is 0 Å². The van der Waals surface area contributed by atoms with Crippen LogP contribution in [-0.2, 0) is 13.0 Å². The van der Waals surface area contributed by atoms with Crippen LogP contribution in [0.4, 0.5) is 5.69 Å². The summed E-state index contributed by atoms with van der Waals surface area (Å²) in [6.07, 6.45) is 2.15. The van der Waals surface area contributed by atoms with Crippen molar-refractivity contribution < 1.29 is 9.72 Å². The lowest BCUT2D eigenvalue weighted by Gasteiger charge is -2.08. The van der Waals surface area contributed by atoms with E-state index in [1.165, 1.54) is 35.2 Å². The molecule has 24 heavy (non-hydrogen) atoms. The number of nitro benzene ring substituents is 1. The molecule has 0 aliphatic carbocycles. The van der Waals surface area contributed by atoms with E-state index in [1.54, 1.807) is 6.92 Å². The summed E-state index contributed by atoms with van der Waals surface area (Å²) >= 11 is 0. The Morgan fingerprint density at radius 2 is 2.12 bits per heavy atom. The maximum absolute atomic E-state index is 12.1. The number of carbonyl (C=O) groups is 1.